The molecule has 15 aromatic carbocycles. The molecule has 0 unspecified atom stereocenters. The summed E-state index contributed by atoms with van der Waals surface area (Å²) in [7, 11) is 0. The van der Waals surface area contributed by atoms with E-state index in [9.17, 15) is 0 Å². The summed E-state index contributed by atoms with van der Waals surface area (Å²) in [4.78, 5) is 30.9. The predicted octanol–water partition coefficient (Wildman–Crippen LogP) is 24.0. The van der Waals surface area contributed by atoms with Gasteiger partial charge in [-0.1, -0.05) is 194 Å². The number of hydrogen-bond donors (Lipinski definition) is 0. The summed E-state index contributed by atoms with van der Waals surface area (Å²) in [5.74, 6) is 0. The molecule has 0 fully saturated rings. The Kier molecular flexibility index (Phi) is 10.4. The van der Waals surface area contributed by atoms with E-state index < -0.39 is 0 Å². The minimum absolute atomic E-state index is 0.863. The Hall–Kier alpha value is -14.4. The molecular formula is C92H47N9O3. The Balaban J connectivity index is 0.0000000909. The second kappa shape index (κ2) is 19.8. The minimum atomic E-state index is 0.863. The van der Waals surface area contributed by atoms with Crippen LogP contribution in [0.1, 0.15) is 0 Å². The summed E-state index contributed by atoms with van der Waals surface area (Å²) in [6, 6.07) is 99.3. The van der Waals surface area contributed by atoms with Crippen LogP contribution in [-0.4, -0.2) is 43.1 Å². The second-order valence-electron chi connectivity index (χ2n) is 27.5. The van der Waals surface area contributed by atoms with Gasteiger partial charge in [-0.25, -0.2) is 29.9 Å². The maximum atomic E-state index is 6.51. The van der Waals surface area contributed by atoms with Gasteiger partial charge in [-0.2, -0.15) is 0 Å². The van der Waals surface area contributed by atoms with Gasteiger partial charge in [0.25, 0.3) is 0 Å². The predicted molar refractivity (Wildman–Crippen MR) is 425 cm³/mol. The zero-order valence-corrected chi connectivity index (χ0v) is 54.9. The van der Waals surface area contributed by atoms with Crippen LogP contribution in [0.25, 0.3) is 247 Å². The highest BCUT2D eigenvalue weighted by molar-refractivity contribution is 6.33. The van der Waals surface area contributed by atoms with Gasteiger partial charge in [0, 0.05) is 92.2 Å². The van der Waals surface area contributed by atoms with Crippen molar-refractivity contribution in [3.63, 3.8) is 0 Å². The van der Waals surface area contributed by atoms with Gasteiger partial charge in [0.2, 0.25) is 0 Å². The molecular weight excluding hydrogens is 1280 g/mol. The highest BCUT2D eigenvalue weighted by atomic mass is 16.3. The van der Waals surface area contributed by atoms with E-state index in [1.54, 1.807) is 0 Å². The lowest BCUT2D eigenvalue weighted by Crippen LogP contribution is -1.90. The average molecular weight is 1330 g/mol. The minimum Gasteiger partial charge on any atom is -0.456 e. The van der Waals surface area contributed by atoms with E-state index in [2.05, 4.69) is 238 Å². The van der Waals surface area contributed by atoms with Crippen molar-refractivity contribution in [1.82, 2.24) is 43.1 Å². The molecule has 0 saturated carbocycles. The Morgan fingerprint density at radius 2 is 0.740 bits per heavy atom. The molecule has 27 rings (SSSR count). The Bertz CT molecular complexity index is 8450. The third kappa shape index (κ3) is 7.18. The fourth-order valence-corrected chi connectivity index (χ4v) is 17.6. The molecule has 0 saturated heterocycles. The summed E-state index contributed by atoms with van der Waals surface area (Å²) in [6.07, 6.45) is 0. The van der Waals surface area contributed by atoms with Gasteiger partial charge >= 0.3 is 0 Å². The first-order valence-electron chi connectivity index (χ1n) is 35.0. The highest BCUT2D eigenvalue weighted by Crippen LogP contribution is 2.48. The molecule has 0 bridgehead atoms. The van der Waals surface area contributed by atoms with Crippen LogP contribution >= 0.6 is 0 Å². The van der Waals surface area contributed by atoms with Crippen molar-refractivity contribution in [2.45, 2.75) is 0 Å². The van der Waals surface area contributed by atoms with E-state index in [-0.39, 0.29) is 0 Å². The molecule has 27 aromatic rings. The third-order valence-electron chi connectivity index (χ3n) is 22.1. The normalized spacial score (nSPS) is 12.6. The largest absolute Gasteiger partial charge is 0.456 e. The molecule has 478 valence electrons. The molecule has 0 spiro atoms. The first-order valence-corrected chi connectivity index (χ1v) is 35.0. The fourth-order valence-electron chi connectivity index (χ4n) is 17.6. The lowest BCUT2D eigenvalue weighted by Gasteiger charge is -2.04. The molecule has 104 heavy (non-hydrogen) atoms. The van der Waals surface area contributed by atoms with Crippen molar-refractivity contribution in [1.29, 1.82) is 0 Å². The number of fused-ring (bicyclic) bond motifs is 35. The summed E-state index contributed by atoms with van der Waals surface area (Å²) in [5.41, 5.74) is 25.5. The Labute approximate surface area is 584 Å². The number of aromatic nitrogens is 9. The van der Waals surface area contributed by atoms with Crippen LogP contribution in [0.2, 0.25) is 0 Å². The van der Waals surface area contributed by atoms with Crippen molar-refractivity contribution in [2.75, 3.05) is 0 Å². The van der Waals surface area contributed by atoms with Crippen LogP contribution in [0, 0.1) is 0 Å². The molecule has 12 aromatic heterocycles. The number of furan rings is 3. The van der Waals surface area contributed by atoms with Crippen LogP contribution in [0.15, 0.2) is 298 Å². The highest BCUT2D eigenvalue weighted by Gasteiger charge is 2.28. The van der Waals surface area contributed by atoms with E-state index in [1.807, 2.05) is 60.7 Å². The topological polar surface area (TPSA) is 130 Å². The first-order chi connectivity index (χ1) is 51.5. The van der Waals surface area contributed by atoms with Gasteiger partial charge in [0.05, 0.1) is 66.2 Å². The maximum Gasteiger partial charge on any atom is 0.165 e. The number of benzene rings is 15. The van der Waals surface area contributed by atoms with E-state index >= 15 is 0 Å². The summed E-state index contributed by atoms with van der Waals surface area (Å²) < 4.78 is 25.8. The molecule has 12 heterocycles. The number of nitrogens with zero attached hydrogens (tertiary/aromatic N) is 9. The maximum absolute atomic E-state index is 6.51. The van der Waals surface area contributed by atoms with Crippen LogP contribution in [-0.2, 0) is 0 Å². The SMILES string of the molecule is c1ccc(-c2cc3c4ccc5c6ccccc6oc5c4n4c5nc6ccccc6nc5c(c2)c34)cc1.c1ccc2c(c1)ccc1nc3c(nc12)c1cccc2c4c5c(ccc4n3c12)oc1ccccc15.c1ccc2cc3nc4c(nc3cc2c1)c1cccc2c3cc5c(cc3n4c21)oc1ccccc15. The van der Waals surface area contributed by atoms with Gasteiger partial charge in [0.1, 0.15) is 44.5 Å². The summed E-state index contributed by atoms with van der Waals surface area (Å²) in [5, 5.41) is 22.1. The molecule has 12 heteroatoms. The lowest BCUT2D eigenvalue weighted by molar-refractivity contribution is 0.669. The molecule has 12 nitrogen and oxygen atoms in total. The van der Waals surface area contributed by atoms with E-state index in [0.29, 0.717) is 0 Å². The summed E-state index contributed by atoms with van der Waals surface area (Å²) in [6.45, 7) is 0. The zero-order chi connectivity index (χ0) is 67.3. The van der Waals surface area contributed by atoms with Gasteiger partial charge < -0.3 is 13.3 Å². The van der Waals surface area contributed by atoms with Crippen molar-refractivity contribution >= 4 is 236 Å². The Morgan fingerprint density at radius 1 is 0.212 bits per heavy atom. The number of rotatable bonds is 1. The van der Waals surface area contributed by atoms with E-state index in [1.165, 1.54) is 65.3 Å². The van der Waals surface area contributed by atoms with Crippen LogP contribution in [0.4, 0.5) is 0 Å². The zero-order valence-electron chi connectivity index (χ0n) is 54.9. The monoisotopic (exact) mass is 1330 g/mol. The number of para-hydroxylation sites is 7. The first kappa shape index (κ1) is 54.5. The molecule has 0 radical (unpaired) electrons. The van der Waals surface area contributed by atoms with Gasteiger partial charge in [-0.05, 0) is 112 Å². The Morgan fingerprint density at radius 3 is 1.54 bits per heavy atom. The van der Waals surface area contributed by atoms with Crippen LogP contribution in [0.3, 0.4) is 0 Å². The summed E-state index contributed by atoms with van der Waals surface area (Å²) >= 11 is 0. The van der Waals surface area contributed by atoms with Crippen molar-refractivity contribution in [2.24, 2.45) is 0 Å². The fraction of sp³-hybridized carbons (Fsp3) is 0. The van der Waals surface area contributed by atoms with E-state index in [0.717, 1.165) is 181 Å². The second-order valence-corrected chi connectivity index (χ2v) is 27.5. The van der Waals surface area contributed by atoms with Gasteiger partial charge in [0.15, 0.2) is 22.5 Å². The lowest BCUT2D eigenvalue weighted by atomic mass is 10.00. The average Bonchev–Trinajstić information content (AvgIpc) is 1.54. The van der Waals surface area contributed by atoms with Gasteiger partial charge in [-0.3, -0.25) is 13.2 Å². The standard InChI is InChI=1S/C32H17N3O.2C30H15N3O/c1-2-8-18(9-3-1)19-16-23-21-14-15-22-20-10-4-7-13-27(20)36-31(22)30(21)35-29(23)24(17-19)28-32(35)34-26-12-6-5-11-25(26)33-28;1-2-7-17-13-24-23(12-16(17)6-1)31-28-20-10-5-9-19-21-14-22-18-8-3-4-11-26(18)34-27(22)15-25(21)33(29(19)20)30(28)32-24;1-2-7-17-16(6-1)12-13-21-27(17)32-28-20-10-5-9-19-25-22(33(29(19)20)30(28)31-21)14-15-24-26(25)18-8-3-4-11-23(18)34-24/h1-17H;2*1-15H. The molecule has 0 amide bonds. The van der Waals surface area contributed by atoms with Crippen molar-refractivity contribution in [3.05, 3.63) is 285 Å². The molecule has 0 N–H and O–H groups in total. The van der Waals surface area contributed by atoms with Crippen LogP contribution < -0.4 is 0 Å². The smallest absolute Gasteiger partial charge is 0.165 e. The van der Waals surface area contributed by atoms with Gasteiger partial charge in [-0.15, -0.1) is 0 Å². The molecule has 0 atom stereocenters. The van der Waals surface area contributed by atoms with Crippen molar-refractivity contribution in [3.8, 4) is 11.1 Å². The molecule has 0 aliphatic heterocycles. The quantitative estimate of drug-likeness (QED) is 0.116. The van der Waals surface area contributed by atoms with Crippen molar-refractivity contribution < 1.29 is 13.3 Å². The third-order valence-corrected chi connectivity index (χ3v) is 22.1. The number of hydrogen-bond acceptors (Lipinski definition) is 9. The molecule has 0 aliphatic rings. The van der Waals surface area contributed by atoms with Crippen LogP contribution in [0.5, 0.6) is 0 Å². The van der Waals surface area contributed by atoms with E-state index in [4.69, 9.17) is 43.2 Å². The molecule has 0 aliphatic carbocycles.